The minimum absolute atomic E-state index is 0.258. The largest absolute Gasteiger partial charge is 0.478 e. The summed E-state index contributed by atoms with van der Waals surface area (Å²) in [6.45, 7) is 3.83. The number of hydrogen-bond donors (Lipinski definition) is 1. The van der Waals surface area contributed by atoms with Crippen molar-refractivity contribution in [3.63, 3.8) is 0 Å². The maximum atomic E-state index is 12.5. The first-order valence-corrected chi connectivity index (χ1v) is 5.15. The normalized spacial score (nSPS) is 11.9. The first-order valence-electron chi connectivity index (χ1n) is 5.15. The predicted octanol–water partition coefficient (Wildman–Crippen LogP) is 3.60. The van der Waals surface area contributed by atoms with Gasteiger partial charge < -0.3 is 5.11 Å². The van der Waals surface area contributed by atoms with E-state index in [2.05, 4.69) is 0 Å². The molecule has 0 aliphatic carbocycles. The highest BCUT2D eigenvalue weighted by atomic mass is 19.4. The second kappa shape index (κ2) is 4.77. The minimum Gasteiger partial charge on any atom is -0.478 e. The third-order valence-corrected chi connectivity index (χ3v) is 2.26. The Morgan fingerprint density at radius 3 is 2.35 bits per heavy atom. The molecule has 5 heteroatoms. The van der Waals surface area contributed by atoms with Crippen LogP contribution in [0.25, 0.3) is 0 Å². The van der Waals surface area contributed by atoms with Crippen LogP contribution in [-0.4, -0.2) is 11.1 Å². The summed E-state index contributed by atoms with van der Waals surface area (Å²) < 4.78 is 37.6. The van der Waals surface area contributed by atoms with Gasteiger partial charge in [-0.2, -0.15) is 13.2 Å². The summed E-state index contributed by atoms with van der Waals surface area (Å²) in [6.07, 6.45) is -4.08. The van der Waals surface area contributed by atoms with Crippen LogP contribution in [0.3, 0.4) is 0 Å². The molecule has 0 aliphatic heterocycles. The number of carbonyl (C=O) groups is 1. The molecule has 1 rings (SSSR count). The molecule has 0 bridgehead atoms. The van der Waals surface area contributed by atoms with Crippen LogP contribution >= 0.6 is 0 Å². The lowest BCUT2D eigenvalue weighted by atomic mass is 9.97. The number of carboxylic acid groups (broad SMARTS) is 1. The van der Waals surface area contributed by atoms with E-state index in [9.17, 15) is 18.0 Å². The van der Waals surface area contributed by atoms with Crippen molar-refractivity contribution in [2.45, 2.75) is 26.4 Å². The summed E-state index contributed by atoms with van der Waals surface area (Å²) in [5.74, 6) is -1.30. The van der Waals surface area contributed by atoms with E-state index in [1.54, 1.807) is 0 Å². The Bertz CT molecular complexity index is 422. The SMILES string of the molecule is CC(C)Cc1ccc(C(F)(F)F)c(C(=O)O)c1. The van der Waals surface area contributed by atoms with Gasteiger partial charge in [0, 0.05) is 0 Å². The quantitative estimate of drug-likeness (QED) is 0.884. The number of benzene rings is 1. The standard InChI is InChI=1S/C12H13F3O2/c1-7(2)5-8-3-4-10(12(13,14)15)9(6-8)11(16)17/h3-4,6-7H,5H2,1-2H3,(H,16,17). The second-order valence-electron chi connectivity index (χ2n) is 4.28. The molecule has 0 atom stereocenters. The molecule has 94 valence electrons. The van der Waals surface area contributed by atoms with E-state index in [-0.39, 0.29) is 5.92 Å². The first-order chi connectivity index (χ1) is 7.71. The van der Waals surface area contributed by atoms with Crippen LogP contribution in [0, 0.1) is 5.92 Å². The van der Waals surface area contributed by atoms with Crippen LogP contribution in [0.15, 0.2) is 18.2 Å². The van der Waals surface area contributed by atoms with Gasteiger partial charge in [-0.25, -0.2) is 4.79 Å². The molecule has 1 N–H and O–H groups in total. The van der Waals surface area contributed by atoms with E-state index in [0.717, 1.165) is 12.1 Å². The number of halogens is 3. The lowest BCUT2D eigenvalue weighted by Gasteiger charge is -2.12. The van der Waals surface area contributed by atoms with Crippen molar-refractivity contribution in [3.8, 4) is 0 Å². The van der Waals surface area contributed by atoms with Crippen molar-refractivity contribution in [2.75, 3.05) is 0 Å². The smallest absolute Gasteiger partial charge is 0.417 e. The van der Waals surface area contributed by atoms with Gasteiger partial charge in [0.25, 0.3) is 0 Å². The number of carboxylic acids is 1. The molecule has 0 aromatic heterocycles. The van der Waals surface area contributed by atoms with E-state index < -0.39 is 23.3 Å². The highest BCUT2D eigenvalue weighted by Crippen LogP contribution is 2.32. The molecule has 17 heavy (non-hydrogen) atoms. The van der Waals surface area contributed by atoms with E-state index in [4.69, 9.17) is 5.11 Å². The van der Waals surface area contributed by atoms with Gasteiger partial charge in [-0.15, -0.1) is 0 Å². The molecule has 1 aromatic rings. The Labute approximate surface area is 97.1 Å². The molecule has 0 spiro atoms. The zero-order chi connectivity index (χ0) is 13.2. The van der Waals surface area contributed by atoms with Gasteiger partial charge >= 0.3 is 12.1 Å². The molecule has 0 fully saturated rings. The lowest BCUT2D eigenvalue weighted by Crippen LogP contribution is -2.13. The Morgan fingerprint density at radius 1 is 1.35 bits per heavy atom. The van der Waals surface area contributed by atoms with E-state index in [0.29, 0.717) is 12.0 Å². The molecule has 0 aliphatic rings. The van der Waals surface area contributed by atoms with Crippen molar-refractivity contribution in [2.24, 2.45) is 5.92 Å². The van der Waals surface area contributed by atoms with Crippen LogP contribution in [0.5, 0.6) is 0 Å². The summed E-state index contributed by atoms with van der Waals surface area (Å²) in [4.78, 5) is 10.8. The average molecular weight is 246 g/mol. The Hall–Kier alpha value is -1.52. The second-order valence-corrected chi connectivity index (χ2v) is 4.28. The molecular weight excluding hydrogens is 233 g/mol. The van der Waals surface area contributed by atoms with Crippen LogP contribution in [0.4, 0.5) is 13.2 Å². The van der Waals surface area contributed by atoms with Crippen LogP contribution < -0.4 is 0 Å². The van der Waals surface area contributed by atoms with E-state index in [1.165, 1.54) is 6.07 Å². The molecule has 2 nitrogen and oxygen atoms in total. The molecular formula is C12H13F3O2. The summed E-state index contributed by atoms with van der Waals surface area (Å²) in [7, 11) is 0. The zero-order valence-corrected chi connectivity index (χ0v) is 9.51. The monoisotopic (exact) mass is 246 g/mol. The van der Waals surface area contributed by atoms with Crippen LogP contribution in [0.2, 0.25) is 0 Å². The molecule has 1 aromatic carbocycles. The van der Waals surface area contributed by atoms with Gasteiger partial charge in [0.15, 0.2) is 0 Å². The van der Waals surface area contributed by atoms with Gasteiger partial charge in [-0.3, -0.25) is 0 Å². The number of hydrogen-bond acceptors (Lipinski definition) is 1. The topological polar surface area (TPSA) is 37.3 Å². The molecule has 0 saturated heterocycles. The first kappa shape index (κ1) is 13.5. The summed E-state index contributed by atoms with van der Waals surface area (Å²) in [6, 6.07) is 3.27. The predicted molar refractivity (Wildman–Crippen MR) is 56.9 cm³/mol. The fraction of sp³-hybridized carbons (Fsp3) is 0.417. The zero-order valence-electron chi connectivity index (χ0n) is 9.51. The lowest BCUT2D eigenvalue weighted by molar-refractivity contribution is -0.138. The van der Waals surface area contributed by atoms with Gasteiger partial charge in [-0.05, 0) is 30.0 Å². The van der Waals surface area contributed by atoms with Crippen LogP contribution in [-0.2, 0) is 12.6 Å². The van der Waals surface area contributed by atoms with Crippen molar-refractivity contribution in [1.29, 1.82) is 0 Å². The summed E-state index contributed by atoms with van der Waals surface area (Å²) >= 11 is 0. The Morgan fingerprint density at radius 2 is 1.94 bits per heavy atom. The third kappa shape index (κ3) is 3.47. The highest BCUT2D eigenvalue weighted by molar-refractivity contribution is 5.89. The molecule has 0 radical (unpaired) electrons. The number of alkyl halides is 3. The van der Waals surface area contributed by atoms with Gasteiger partial charge in [0.05, 0.1) is 11.1 Å². The Balaban J connectivity index is 3.23. The van der Waals surface area contributed by atoms with E-state index in [1.807, 2.05) is 13.8 Å². The highest BCUT2D eigenvalue weighted by Gasteiger charge is 2.35. The Kier molecular flexibility index (Phi) is 3.80. The molecule has 0 saturated carbocycles. The summed E-state index contributed by atoms with van der Waals surface area (Å²) in [5, 5.41) is 8.79. The fourth-order valence-corrected chi connectivity index (χ4v) is 1.61. The van der Waals surface area contributed by atoms with Crippen molar-refractivity contribution < 1.29 is 23.1 Å². The minimum atomic E-state index is -4.63. The number of rotatable bonds is 3. The average Bonchev–Trinajstić information content (AvgIpc) is 2.14. The van der Waals surface area contributed by atoms with Gasteiger partial charge in [-0.1, -0.05) is 19.9 Å². The maximum Gasteiger partial charge on any atom is 0.417 e. The van der Waals surface area contributed by atoms with Crippen molar-refractivity contribution in [1.82, 2.24) is 0 Å². The van der Waals surface area contributed by atoms with Crippen molar-refractivity contribution >= 4 is 5.97 Å². The third-order valence-electron chi connectivity index (χ3n) is 2.26. The summed E-state index contributed by atoms with van der Waals surface area (Å²) in [5.41, 5.74) is -1.18. The van der Waals surface area contributed by atoms with Crippen molar-refractivity contribution in [3.05, 3.63) is 34.9 Å². The van der Waals surface area contributed by atoms with Crippen LogP contribution in [0.1, 0.15) is 35.3 Å². The molecule has 0 amide bonds. The van der Waals surface area contributed by atoms with Gasteiger partial charge in [0.2, 0.25) is 0 Å². The molecule has 0 heterocycles. The number of aromatic carboxylic acids is 1. The van der Waals surface area contributed by atoms with E-state index >= 15 is 0 Å². The van der Waals surface area contributed by atoms with Gasteiger partial charge in [0.1, 0.15) is 0 Å². The maximum absolute atomic E-state index is 12.5. The molecule has 0 unspecified atom stereocenters. The fourth-order valence-electron chi connectivity index (χ4n) is 1.61.